The van der Waals surface area contributed by atoms with Gasteiger partial charge in [-0.05, 0) is 40.4 Å². The predicted molar refractivity (Wildman–Crippen MR) is 71.6 cm³/mol. The van der Waals surface area contributed by atoms with Gasteiger partial charge in [0.15, 0.2) is 0 Å². The van der Waals surface area contributed by atoms with Crippen LogP contribution in [-0.2, 0) is 6.54 Å². The molecule has 0 amide bonds. The third-order valence-corrected chi connectivity index (χ3v) is 4.93. The van der Waals surface area contributed by atoms with E-state index in [1.807, 2.05) is 0 Å². The fraction of sp³-hybridized carbons (Fsp3) is 0.273. The van der Waals surface area contributed by atoms with Gasteiger partial charge in [-0.3, -0.25) is 0 Å². The second kappa shape index (κ2) is 5.25. The van der Waals surface area contributed by atoms with Crippen molar-refractivity contribution in [2.45, 2.75) is 19.5 Å². The molecular formula is C11H12BrNS2. The third kappa shape index (κ3) is 3.14. The summed E-state index contributed by atoms with van der Waals surface area (Å²) in [7, 11) is 0. The van der Waals surface area contributed by atoms with Crippen molar-refractivity contribution < 1.29 is 0 Å². The van der Waals surface area contributed by atoms with Crippen LogP contribution in [0.2, 0.25) is 0 Å². The maximum absolute atomic E-state index is 3.51. The summed E-state index contributed by atoms with van der Waals surface area (Å²) >= 11 is 7.05. The van der Waals surface area contributed by atoms with Gasteiger partial charge in [-0.1, -0.05) is 6.07 Å². The van der Waals surface area contributed by atoms with Crippen LogP contribution in [0.3, 0.4) is 0 Å². The molecule has 4 heteroatoms. The van der Waals surface area contributed by atoms with E-state index >= 15 is 0 Å². The Morgan fingerprint density at radius 3 is 2.93 bits per heavy atom. The van der Waals surface area contributed by atoms with E-state index in [-0.39, 0.29) is 0 Å². The Bertz CT molecular complexity index is 408. The third-order valence-electron chi connectivity index (χ3n) is 2.17. The molecule has 1 atom stereocenters. The molecule has 0 saturated heterocycles. The van der Waals surface area contributed by atoms with Gasteiger partial charge in [-0.2, -0.15) is 0 Å². The van der Waals surface area contributed by atoms with E-state index in [1.165, 1.54) is 14.2 Å². The van der Waals surface area contributed by atoms with E-state index in [0.29, 0.717) is 6.04 Å². The zero-order valence-corrected chi connectivity index (χ0v) is 11.6. The minimum atomic E-state index is 0.436. The number of halogens is 1. The van der Waals surface area contributed by atoms with Crippen LogP contribution in [0.5, 0.6) is 0 Å². The van der Waals surface area contributed by atoms with Gasteiger partial charge < -0.3 is 5.32 Å². The fourth-order valence-electron chi connectivity index (χ4n) is 1.34. The average molecular weight is 302 g/mol. The quantitative estimate of drug-likeness (QED) is 0.881. The van der Waals surface area contributed by atoms with Gasteiger partial charge in [0.1, 0.15) is 0 Å². The molecule has 15 heavy (non-hydrogen) atoms. The molecule has 2 aromatic heterocycles. The molecule has 2 heterocycles. The lowest BCUT2D eigenvalue weighted by Crippen LogP contribution is -2.16. The zero-order valence-electron chi connectivity index (χ0n) is 8.37. The maximum atomic E-state index is 3.51. The first-order valence-electron chi connectivity index (χ1n) is 4.75. The molecule has 0 aromatic carbocycles. The first-order chi connectivity index (χ1) is 7.25. The van der Waals surface area contributed by atoms with Crippen molar-refractivity contribution in [3.8, 4) is 0 Å². The summed E-state index contributed by atoms with van der Waals surface area (Å²) in [5.74, 6) is 0. The van der Waals surface area contributed by atoms with Gasteiger partial charge in [0.05, 0.1) is 0 Å². The van der Waals surface area contributed by atoms with E-state index in [4.69, 9.17) is 0 Å². The van der Waals surface area contributed by atoms with Crippen molar-refractivity contribution in [3.63, 3.8) is 0 Å². The van der Waals surface area contributed by atoms with Crippen molar-refractivity contribution in [2.24, 2.45) is 0 Å². The number of hydrogen-bond acceptors (Lipinski definition) is 3. The largest absolute Gasteiger partial charge is 0.305 e. The lowest BCUT2D eigenvalue weighted by atomic mass is 10.3. The molecule has 0 fully saturated rings. The van der Waals surface area contributed by atoms with Crippen LogP contribution in [0, 0.1) is 0 Å². The van der Waals surface area contributed by atoms with Gasteiger partial charge in [-0.15, -0.1) is 22.7 Å². The maximum Gasteiger partial charge on any atom is 0.0389 e. The Hall–Kier alpha value is -0.160. The Kier molecular flexibility index (Phi) is 3.97. The van der Waals surface area contributed by atoms with E-state index < -0.39 is 0 Å². The first-order valence-corrected chi connectivity index (χ1v) is 7.30. The van der Waals surface area contributed by atoms with E-state index in [0.717, 1.165) is 6.54 Å². The van der Waals surface area contributed by atoms with Gasteiger partial charge >= 0.3 is 0 Å². The average Bonchev–Trinajstić information content (AvgIpc) is 2.84. The predicted octanol–water partition coefficient (Wildman–Crippen LogP) is 4.42. The van der Waals surface area contributed by atoms with E-state index in [1.54, 1.807) is 22.7 Å². The Morgan fingerprint density at radius 2 is 2.33 bits per heavy atom. The molecular weight excluding hydrogens is 290 g/mol. The Labute approximate surface area is 106 Å². The number of rotatable bonds is 4. The molecule has 2 rings (SSSR count). The summed E-state index contributed by atoms with van der Waals surface area (Å²) < 4.78 is 1.17. The Balaban J connectivity index is 1.88. The van der Waals surface area contributed by atoms with Crippen LogP contribution in [0.1, 0.15) is 22.7 Å². The summed E-state index contributed by atoms with van der Waals surface area (Å²) in [5, 5.41) is 7.75. The summed E-state index contributed by atoms with van der Waals surface area (Å²) in [6.07, 6.45) is 0. The van der Waals surface area contributed by atoms with Crippen molar-refractivity contribution in [2.75, 3.05) is 0 Å². The van der Waals surface area contributed by atoms with Gasteiger partial charge in [0, 0.05) is 32.2 Å². The van der Waals surface area contributed by atoms with E-state index in [2.05, 4.69) is 57.1 Å². The molecule has 2 aromatic rings. The molecule has 0 saturated carbocycles. The molecule has 0 aliphatic carbocycles. The van der Waals surface area contributed by atoms with Gasteiger partial charge in [0.2, 0.25) is 0 Å². The molecule has 0 aliphatic heterocycles. The molecule has 1 N–H and O–H groups in total. The molecule has 0 spiro atoms. The van der Waals surface area contributed by atoms with Crippen LogP contribution in [0.4, 0.5) is 0 Å². The summed E-state index contributed by atoms with van der Waals surface area (Å²) in [4.78, 5) is 2.76. The molecule has 0 unspecified atom stereocenters. The van der Waals surface area contributed by atoms with Gasteiger partial charge in [0.25, 0.3) is 0 Å². The van der Waals surface area contributed by atoms with E-state index in [9.17, 15) is 0 Å². The van der Waals surface area contributed by atoms with Crippen molar-refractivity contribution >= 4 is 38.6 Å². The number of nitrogens with one attached hydrogen (secondary N) is 1. The molecule has 80 valence electrons. The van der Waals surface area contributed by atoms with Crippen LogP contribution in [-0.4, -0.2) is 0 Å². The number of thiophene rings is 2. The molecule has 0 bridgehead atoms. The van der Waals surface area contributed by atoms with Crippen LogP contribution >= 0.6 is 38.6 Å². The lowest BCUT2D eigenvalue weighted by Gasteiger charge is -2.10. The fourth-order valence-corrected chi connectivity index (χ4v) is 3.50. The van der Waals surface area contributed by atoms with Crippen molar-refractivity contribution in [3.05, 3.63) is 43.2 Å². The molecule has 0 aliphatic rings. The van der Waals surface area contributed by atoms with Crippen LogP contribution < -0.4 is 5.32 Å². The highest BCUT2D eigenvalue weighted by Gasteiger charge is 2.05. The smallest absolute Gasteiger partial charge is 0.0389 e. The zero-order chi connectivity index (χ0) is 10.7. The minimum Gasteiger partial charge on any atom is -0.305 e. The minimum absolute atomic E-state index is 0.436. The van der Waals surface area contributed by atoms with Crippen LogP contribution in [0.25, 0.3) is 0 Å². The molecule has 1 nitrogen and oxygen atoms in total. The highest BCUT2D eigenvalue weighted by molar-refractivity contribution is 9.10. The SMILES string of the molecule is C[C@H](NCc1cc(Br)cs1)c1cccs1. The van der Waals surface area contributed by atoms with Crippen molar-refractivity contribution in [1.29, 1.82) is 0 Å². The molecule has 0 radical (unpaired) electrons. The monoisotopic (exact) mass is 301 g/mol. The van der Waals surface area contributed by atoms with Crippen LogP contribution in [0.15, 0.2) is 33.4 Å². The second-order valence-electron chi connectivity index (χ2n) is 3.35. The normalized spacial score (nSPS) is 12.9. The lowest BCUT2D eigenvalue weighted by molar-refractivity contribution is 0.587. The number of hydrogen-bond donors (Lipinski definition) is 1. The second-order valence-corrected chi connectivity index (χ2v) is 6.24. The summed E-state index contributed by atoms with van der Waals surface area (Å²) in [5.41, 5.74) is 0. The Morgan fingerprint density at radius 1 is 1.47 bits per heavy atom. The summed E-state index contributed by atoms with van der Waals surface area (Å²) in [6.45, 7) is 3.14. The standard InChI is InChI=1S/C11H12BrNS2/c1-8(11-3-2-4-14-11)13-6-10-5-9(12)7-15-10/h2-5,7-8,13H,6H2,1H3/t8-/m0/s1. The summed E-state index contributed by atoms with van der Waals surface area (Å²) in [6, 6.07) is 6.87. The highest BCUT2D eigenvalue weighted by Crippen LogP contribution is 2.22. The highest BCUT2D eigenvalue weighted by atomic mass is 79.9. The topological polar surface area (TPSA) is 12.0 Å². The van der Waals surface area contributed by atoms with Crippen molar-refractivity contribution in [1.82, 2.24) is 5.32 Å². The first kappa shape index (κ1) is 11.3. The van der Waals surface area contributed by atoms with Gasteiger partial charge in [-0.25, -0.2) is 0 Å².